The first-order valence-electron chi connectivity index (χ1n) is 13.6. The number of likely N-dealkylation sites (tertiary alicyclic amines) is 1. The first-order valence-corrected chi connectivity index (χ1v) is 13.6. The van der Waals surface area contributed by atoms with Gasteiger partial charge in [0.25, 0.3) is 5.91 Å². The van der Waals surface area contributed by atoms with Crippen molar-refractivity contribution in [1.29, 1.82) is 0 Å². The number of amides is 1. The Bertz CT molecular complexity index is 952. The Morgan fingerprint density at radius 1 is 1.03 bits per heavy atom. The Hall–Kier alpha value is -2.37. The molecule has 1 saturated heterocycles. The summed E-state index contributed by atoms with van der Waals surface area (Å²) in [6, 6.07) is 14.9. The lowest BCUT2D eigenvalue weighted by Crippen LogP contribution is -2.36. The maximum atomic E-state index is 13.0. The minimum absolute atomic E-state index is 0.0232. The van der Waals surface area contributed by atoms with Crippen molar-refractivity contribution >= 4 is 5.91 Å². The van der Waals surface area contributed by atoms with E-state index in [0.717, 1.165) is 88.4 Å². The number of carbonyl (C=O) groups is 1. The van der Waals surface area contributed by atoms with E-state index in [1.165, 1.54) is 30.4 Å². The molecule has 2 aromatic carbocycles. The minimum atomic E-state index is 0.0232. The Morgan fingerprint density at radius 2 is 1.86 bits per heavy atom. The third kappa shape index (κ3) is 7.81. The number of fused-ring (bicyclic) bond motifs is 3. The summed E-state index contributed by atoms with van der Waals surface area (Å²) in [5.41, 5.74) is 4.45. The van der Waals surface area contributed by atoms with Crippen molar-refractivity contribution in [2.24, 2.45) is 5.92 Å². The van der Waals surface area contributed by atoms with E-state index in [9.17, 15) is 4.79 Å². The van der Waals surface area contributed by atoms with Gasteiger partial charge >= 0.3 is 0 Å². The maximum absolute atomic E-state index is 13.0. The molecular formula is C30H43N3O2. The Labute approximate surface area is 211 Å². The van der Waals surface area contributed by atoms with Gasteiger partial charge in [-0.05, 0) is 113 Å². The number of nitrogens with one attached hydrogen (secondary N) is 1. The molecule has 35 heavy (non-hydrogen) atoms. The van der Waals surface area contributed by atoms with Crippen molar-refractivity contribution in [2.75, 3.05) is 46.4 Å². The molecule has 0 unspecified atom stereocenters. The molecule has 190 valence electrons. The first kappa shape index (κ1) is 25.7. The highest BCUT2D eigenvalue weighted by Crippen LogP contribution is 2.25. The Morgan fingerprint density at radius 3 is 2.69 bits per heavy atom. The second-order valence-electron chi connectivity index (χ2n) is 10.5. The first-order chi connectivity index (χ1) is 17.1. The minimum Gasteiger partial charge on any atom is -0.493 e. The molecule has 2 bridgehead atoms. The topological polar surface area (TPSA) is 44.8 Å². The number of benzene rings is 2. The van der Waals surface area contributed by atoms with E-state index < -0.39 is 0 Å². The molecule has 2 aliphatic rings. The summed E-state index contributed by atoms with van der Waals surface area (Å²) < 4.78 is 6.23. The van der Waals surface area contributed by atoms with Gasteiger partial charge in [-0.2, -0.15) is 0 Å². The number of nitrogens with zero attached hydrogens (tertiary/aromatic N) is 2. The van der Waals surface area contributed by atoms with Crippen LogP contribution in [-0.2, 0) is 13.0 Å². The van der Waals surface area contributed by atoms with Gasteiger partial charge in [0.05, 0.1) is 6.61 Å². The van der Waals surface area contributed by atoms with Crippen LogP contribution in [0.1, 0.15) is 72.5 Å². The SMILES string of the molecule is CCCN1CCCCCOc2ccc(C(=O)NCC3CCN(C)CC3)cc2Cc2cccc(c2)C1. The van der Waals surface area contributed by atoms with Crippen LogP contribution in [0.4, 0.5) is 0 Å². The molecule has 0 spiro atoms. The van der Waals surface area contributed by atoms with Crippen LogP contribution in [0.5, 0.6) is 5.75 Å². The van der Waals surface area contributed by atoms with Crippen LogP contribution in [0.2, 0.25) is 0 Å². The quantitative estimate of drug-likeness (QED) is 0.649. The van der Waals surface area contributed by atoms with Crippen LogP contribution in [0.15, 0.2) is 42.5 Å². The van der Waals surface area contributed by atoms with Gasteiger partial charge in [0, 0.05) is 25.1 Å². The zero-order chi connectivity index (χ0) is 24.5. The molecule has 0 saturated carbocycles. The summed E-state index contributed by atoms with van der Waals surface area (Å²) in [5.74, 6) is 1.51. The van der Waals surface area contributed by atoms with Crippen LogP contribution in [0.25, 0.3) is 0 Å². The molecule has 2 aromatic rings. The number of carbonyl (C=O) groups excluding carboxylic acids is 1. The van der Waals surface area contributed by atoms with Gasteiger partial charge in [-0.3, -0.25) is 9.69 Å². The monoisotopic (exact) mass is 477 g/mol. The van der Waals surface area contributed by atoms with E-state index >= 15 is 0 Å². The molecule has 0 aromatic heterocycles. The van der Waals surface area contributed by atoms with E-state index in [1.54, 1.807) is 0 Å². The number of ether oxygens (including phenoxy) is 1. The van der Waals surface area contributed by atoms with Crippen LogP contribution >= 0.6 is 0 Å². The fourth-order valence-electron chi connectivity index (χ4n) is 5.30. The Balaban J connectivity index is 1.49. The number of hydrogen-bond acceptors (Lipinski definition) is 4. The van der Waals surface area contributed by atoms with E-state index in [1.807, 2.05) is 18.2 Å². The molecule has 1 N–H and O–H groups in total. The summed E-state index contributed by atoms with van der Waals surface area (Å²) in [7, 11) is 2.17. The highest BCUT2D eigenvalue weighted by Gasteiger charge is 2.18. The zero-order valence-electron chi connectivity index (χ0n) is 21.7. The average Bonchev–Trinajstić information content (AvgIpc) is 2.86. The third-order valence-corrected chi connectivity index (χ3v) is 7.42. The van der Waals surface area contributed by atoms with Crippen LogP contribution < -0.4 is 10.1 Å². The Kier molecular flexibility index (Phi) is 9.61. The number of rotatable bonds is 5. The van der Waals surface area contributed by atoms with Gasteiger partial charge in [0.1, 0.15) is 5.75 Å². The second-order valence-corrected chi connectivity index (χ2v) is 10.5. The second kappa shape index (κ2) is 13.1. The lowest BCUT2D eigenvalue weighted by Gasteiger charge is -2.28. The fraction of sp³-hybridized carbons (Fsp3) is 0.567. The number of hydrogen-bond donors (Lipinski definition) is 1. The molecular weight excluding hydrogens is 434 g/mol. The van der Waals surface area contributed by atoms with Crippen molar-refractivity contribution in [2.45, 2.75) is 58.4 Å². The molecule has 1 amide bonds. The normalized spacial score (nSPS) is 18.8. The maximum Gasteiger partial charge on any atom is 0.251 e. The molecule has 0 atom stereocenters. The molecule has 2 aliphatic heterocycles. The number of piperidine rings is 1. The van der Waals surface area contributed by atoms with E-state index in [4.69, 9.17) is 4.74 Å². The van der Waals surface area contributed by atoms with Crippen molar-refractivity contribution in [3.63, 3.8) is 0 Å². The zero-order valence-corrected chi connectivity index (χ0v) is 21.7. The largest absolute Gasteiger partial charge is 0.493 e. The fourth-order valence-corrected chi connectivity index (χ4v) is 5.30. The molecule has 4 rings (SSSR count). The van der Waals surface area contributed by atoms with Crippen molar-refractivity contribution in [1.82, 2.24) is 15.1 Å². The summed E-state index contributed by atoms with van der Waals surface area (Å²) in [6.07, 6.45) is 7.69. The highest BCUT2D eigenvalue weighted by molar-refractivity contribution is 5.94. The van der Waals surface area contributed by atoms with Gasteiger partial charge in [0.15, 0.2) is 0 Å². The molecule has 0 aliphatic carbocycles. The standard InChI is InChI=1S/C30H43N3O2/c1-3-14-33-15-5-4-6-18-35-29-11-10-27(30(34)31-22-24-12-16-32(2)17-13-24)21-28(29)20-25-8-7-9-26(19-25)23-33/h7-11,19,21,24H,3-6,12-18,20,22-23H2,1-2H3,(H,31,34). The predicted molar refractivity (Wildman–Crippen MR) is 143 cm³/mol. The average molecular weight is 478 g/mol. The molecule has 5 nitrogen and oxygen atoms in total. The van der Waals surface area contributed by atoms with E-state index in [2.05, 4.69) is 53.4 Å². The van der Waals surface area contributed by atoms with Gasteiger partial charge in [-0.15, -0.1) is 0 Å². The van der Waals surface area contributed by atoms with Gasteiger partial charge < -0.3 is 15.0 Å². The summed E-state index contributed by atoms with van der Waals surface area (Å²) >= 11 is 0. The summed E-state index contributed by atoms with van der Waals surface area (Å²) in [6.45, 7) is 9.26. The third-order valence-electron chi connectivity index (χ3n) is 7.42. The summed E-state index contributed by atoms with van der Waals surface area (Å²) in [4.78, 5) is 17.9. The van der Waals surface area contributed by atoms with Crippen molar-refractivity contribution < 1.29 is 9.53 Å². The van der Waals surface area contributed by atoms with Crippen molar-refractivity contribution in [3.8, 4) is 5.75 Å². The smallest absolute Gasteiger partial charge is 0.251 e. The molecule has 0 radical (unpaired) electrons. The molecule has 5 heteroatoms. The van der Waals surface area contributed by atoms with E-state index in [0.29, 0.717) is 5.92 Å². The van der Waals surface area contributed by atoms with Crippen LogP contribution in [0.3, 0.4) is 0 Å². The lowest BCUT2D eigenvalue weighted by atomic mass is 9.97. The summed E-state index contributed by atoms with van der Waals surface area (Å²) in [5, 5.41) is 3.19. The van der Waals surface area contributed by atoms with Crippen LogP contribution in [0, 0.1) is 5.92 Å². The van der Waals surface area contributed by atoms with Crippen molar-refractivity contribution in [3.05, 3.63) is 64.7 Å². The van der Waals surface area contributed by atoms with Crippen LogP contribution in [-0.4, -0.2) is 62.1 Å². The predicted octanol–water partition coefficient (Wildman–Crippen LogP) is 5.12. The van der Waals surface area contributed by atoms with Gasteiger partial charge in [0.2, 0.25) is 0 Å². The lowest BCUT2D eigenvalue weighted by molar-refractivity contribution is 0.0939. The highest BCUT2D eigenvalue weighted by atomic mass is 16.5. The van der Waals surface area contributed by atoms with Gasteiger partial charge in [-0.25, -0.2) is 0 Å². The van der Waals surface area contributed by atoms with E-state index in [-0.39, 0.29) is 5.91 Å². The molecule has 1 fully saturated rings. The molecule has 2 heterocycles. The van der Waals surface area contributed by atoms with Gasteiger partial charge in [-0.1, -0.05) is 31.2 Å².